The number of hydrogen-bond acceptors (Lipinski definition) is 1. The Hall–Kier alpha value is 0.323. The number of hydrogen-bond donors (Lipinski definition) is 1. The largest absolute Gasteiger partial charge is 4.00 e. The molecule has 0 bridgehead atoms. The van der Waals surface area contributed by atoms with Gasteiger partial charge in [0.25, 0.3) is 0 Å². The smallest absolute Gasteiger partial charge is 0.400 e. The summed E-state index contributed by atoms with van der Waals surface area (Å²) < 4.78 is 0. The van der Waals surface area contributed by atoms with Gasteiger partial charge in [-0.2, -0.15) is 6.08 Å². The van der Waals surface area contributed by atoms with Crippen LogP contribution in [0.1, 0.15) is 6.42 Å². The molecule has 0 spiro atoms. The second-order valence-corrected chi connectivity index (χ2v) is 1.00. The molecule has 0 aromatic rings. The van der Waals surface area contributed by atoms with E-state index in [1.807, 2.05) is 12.2 Å². The molecule has 0 aliphatic heterocycles. The van der Waals surface area contributed by atoms with Crippen LogP contribution < -0.4 is 0 Å². The molecule has 1 aliphatic carbocycles. The molecule has 11 heavy (non-hydrogen) atoms. The minimum absolute atomic E-state index is 0. The molecule has 0 heterocycles. The van der Waals surface area contributed by atoms with Crippen LogP contribution >= 0.6 is 0 Å². The van der Waals surface area contributed by atoms with Crippen molar-refractivity contribution in [1.29, 1.82) is 0 Å². The first-order valence-corrected chi connectivity index (χ1v) is 2.16. The first-order chi connectivity index (χ1) is 3.50. The van der Waals surface area contributed by atoms with Crippen LogP contribution in [0.15, 0.2) is 18.2 Å². The Morgan fingerprint density at radius 3 is 1.73 bits per heavy atom. The molecule has 0 saturated heterocycles. The molecule has 0 amide bonds. The number of allylic oxidation sites excluding steroid dienone is 4. The molecule has 0 atom stereocenters. The van der Waals surface area contributed by atoms with E-state index in [4.69, 9.17) is 5.11 Å². The third kappa shape index (κ3) is 25.2. The predicted molar refractivity (Wildman–Crippen MR) is 49.0 cm³/mol. The van der Waals surface area contributed by atoms with E-state index in [0.29, 0.717) is 0 Å². The van der Waals surface area contributed by atoms with Gasteiger partial charge in [-0.3, -0.25) is 6.08 Å². The van der Waals surface area contributed by atoms with Gasteiger partial charge in [0, 0.05) is 7.11 Å². The molecule has 64 valence electrons. The average Bonchev–Trinajstić information content (AvgIpc) is 2.23. The zero-order valence-electron chi connectivity index (χ0n) is 7.89. The minimum Gasteiger partial charge on any atom is -0.400 e. The summed E-state index contributed by atoms with van der Waals surface area (Å²) in [6.07, 6.45) is 10.0. The van der Waals surface area contributed by atoms with Gasteiger partial charge in [0.2, 0.25) is 0 Å². The Kier molecular flexibility index (Phi) is 86.9. The van der Waals surface area contributed by atoms with Gasteiger partial charge >= 0.3 is 26.2 Å². The van der Waals surface area contributed by atoms with Crippen molar-refractivity contribution in [3.05, 3.63) is 46.6 Å². The molecule has 0 fully saturated rings. The van der Waals surface area contributed by atoms with Crippen LogP contribution in [0.4, 0.5) is 0 Å². The van der Waals surface area contributed by atoms with Gasteiger partial charge in [-0.1, -0.05) is 0 Å². The Morgan fingerprint density at radius 2 is 1.64 bits per heavy atom. The normalized spacial score (nSPS) is 8.55. The summed E-state index contributed by atoms with van der Waals surface area (Å²) in [5.74, 6) is 0. The second-order valence-electron chi connectivity index (χ2n) is 1.00. The molecule has 0 aromatic heterocycles. The van der Waals surface area contributed by atoms with Crippen LogP contribution in [0, 0.1) is 28.4 Å². The fraction of sp³-hybridized carbons (Fsp3) is 0.222. The van der Waals surface area contributed by atoms with Gasteiger partial charge in [-0.05, 0) is 0 Å². The zero-order chi connectivity index (χ0) is 5.54. The topological polar surface area (TPSA) is 20.2 Å². The van der Waals surface area contributed by atoms with Crippen LogP contribution in [-0.4, -0.2) is 12.2 Å². The molecule has 0 saturated carbocycles. The van der Waals surface area contributed by atoms with E-state index in [2.05, 4.69) is 12.2 Å². The Bertz CT molecular complexity index is 67.6. The predicted octanol–water partition coefficient (Wildman–Crippen LogP) is 2.26. The third-order valence-electron chi connectivity index (χ3n) is 0.586. The van der Waals surface area contributed by atoms with Crippen molar-refractivity contribution < 1.29 is 31.3 Å². The quantitative estimate of drug-likeness (QED) is 0.636. The fourth-order valence-corrected chi connectivity index (χ4v) is 0.340. The summed E-state index contributed by atoms with van der Waals surface area (Å²) in [6, 6.07) is 0. The van der Waals surface area contributed by atoms with Crippen LogP contribution in [0.5, 0.6) is 0 Å². The van der Waals surface area contributed by atoms with Crippen molar-refractivity contribution in [2.24, 2.45) is 0 Å². The van der Waals surface area contributed by atoms with E-state index in [1.165, 1.54) is 0 Å². The third-order valence-corrected chi connectivity index (χ3v) is 0.586. The SMILES string of the molecule is CO.[C-]1=CC=CC1.[CH3-].[CH3-].[CH3-].[Zr+4]. The van der Waals surface area contributed by atoms with E-state index in [0.717, 1.165) is 13.5 Å². The van der Waals surface area contributed by atoms with Crippen molar-refractivity contribution in [3.63, 3.8) is 0 Å². The van der Waals surface area contributed by atoms with Crippen molar-refractivity contribution in [1.82, 2.24) is 0 Å². The van der Waals surface area contributed by atoms with Gasteiger partial charge < -0.3 is 27.4 Å². The first kappa shape index (κ1) is 30.2. The van der Waals surface area contributed by atoms with Crippen LogP contribution in [0.2, 0.25) is 0 Å². The zero-order valence-corrected chi connectivity index (χ0v) is 10.3. The molecule has 1 aliphatic rings. The number of aliphatic hydroxyl groups excluding tert-OH is 1. The maximum absolute atomic E-state index is 7.00. The van der Waals surface area contributed by atoms with Gasteiger partial charge in [0.15, 0.2) is 0 Å². The fourth-order valence-electron chi connectivity index (χ4n) is 0.340. The van der Waals surface area contributed by atoms with Crippen molar-refractivity contribution in [3.8, 4) is 0 Å². The van der Waals surface area contributed by atoms with Crippen LogP contribution in [-0.2, 0) is 26.2 Å². The summed E-state index contributed by atoms with van der Waals surface area (Å²) >= 11 is 0. The van der Waals surface area contributed by atoms with Crippen LogP contribution in [0.25, 0.3) is 0 Å². The molecular formula is C9H18OZr. The first-order valence-electron chi connectivity index (χ1n) is 2.16. The van der Waals surface area contributed by atoms with Gasteiger partial charge in [-0.25, -0.2) is 12.2 Å². The van der Waals surface area contributed by atoms with Crippen molar-refractivity contribution in [2.45, 2.75) is 6.42 Å². The van der Waals surface area contributed by atoms with E-state index >= 15 is 0 Å². The molecular weight excluding hydrogens is 215 g/mol. The monoisotopic (exact) mass is 232 g/mol. The Balaban J connectivity index is -0.0000000189. The Morgan fingerprint density at radius 1 is 1.18 bits per heavy atom. The van der Waals surface area contributed by atoms with Gasteiger partial charge in [0.1, 0.15) is 0 Å². The summed E-state index contributed by atoms with van der Waals surface area (Å²) in [4.78, 5) is 0. The van der Waals surface area contributed by atoms with Gasteiger partial charge in [0.05, 0.1) is 0 Å². The number of aliphatic hydroxyl groups is 1. The van der Waals surface area contributed by atoms with Crippen molar-refractivity contribution in [2.75, 3.05) is 7.11 Å². The Labute approximate surface area is 91.3 Å². The second kappa shape index (κ2) is 31.7. The molecule has 1 N–H and O–H groups in total. The van der Waals surface area contributed by atoms with E-state index in [1.54, 1.807) is 0 Å². The number of rotatable bonds is 0. The van der Waals surface area contributed by atoms with E-state index in [-0.39, 0.29) is 48.5 Å². The summed E-state index contributed by atoms with van der Waals surface area (Å²) in [5, 5.41) is 7.00. The summed E-state index contributed by atoms with van der Waals surface area (Å²) in [7, 11) is 1.00. The molecule has 0 aromatic carbocycles. The molecule has 1 rings (SSSR count). The summed E-state index contributed by atoms with van der Waals surface area (Å²) in [6.45, 7) is 0. The molecule has 0 radical (unpaired) electrons. The minimum atomic E-state index is 0. The molecule has 2 heteroatoms. The molecule has 0 unspecified atom stereocenters. The standard InChI is InChI=1S/C5H5.CH4O.3CH3.Zr/c1-2-4-5-3-1;1-2;;;;/h1-3H,4H2;2H,1H3;3*1H3;/q-1;;3*-1;+4. The maximum atomic E-state index is 7.00. The van der Waals surface area contributed by atoms with E-state index in [9.17, 15) is 0 Å². The van der Waals surface area contributed by atoms with E-state index < -0.39 is 0 Å². The van der Waals surface area contributed by atoms with Crippen LogP contribution in [0.3, 0.4) is 0 Å². The molecule has 1 nitrogen and oxygen atoms in total. The van der Waals surface area contributed by atoms with Crippen molar-refractivity contribution >= 4 is 0 Å². The average molecular weight is 233 g/mol. The van der Waals surface area contributed by atoms with Gasteiger partial charge in [-0.15, -0.1) is 6.42 Å². The summed E-state index contributed by atoms with van der Waals surface area (Å²) in [5.41, 5.74) is 0. The maximum Gasteiger partial charge on any atom is 4.00 e.